The molecule has 0 atom stereocenters. The molecule has 0 aliphatic rings. The van der Waals surface area contributed by atoms with Gasteiger partial charge in [-0.2, -0.15) is 0 Å². The van der Waals surface area contributed by atoms with Gasteiger partial charge in [-0.05, 0) is 0 Å². The van der Waals surface area contributed by atoms with Gasteiger partial charge in [-0.15, -0.1) is 0 Å². The van der Waals surface area contributed by atoms with E-state index in [9.17, 15) is 0 Å². The largest absolute Gasteiger partial charge is 1.00 e. The molecule has 0 saturated heterocycles. The first-order valence-corrected chi connectivity index (χ1v) is 0.928. The van der Waals surface area contributed by atoms with Gasteiger partial charge >= 0.3 is 18.9 Å². The zero-order valence-corrected chi connectivity index (χ0v) is 5.89. The number of carboxylic acid groups (broad SMARTS) is 1. The van der Waals surface area contributed by atoms with Gasteiger partial charge in [0.05, 0.1) is 0 Å². The predicted octanol–water partition coefficient (Wildman–Crippen LogP) is -5.90. The Morgan fingerprint density at radius 1 is 1.67 bits per heavy atom. The van der Waals surface area contributed by atoms with Gasteiger partial charge in [0, 0.05) is 6.92 Å². The van der Waals surface area contributed by atoms with E-state index < -0.39 is 5.97 Å². The van der Waals surface area contributed by atoms with Crippen molar-refractivity contribution in [3.05, 3.63) is 0 Å². The van der Waals surface area contributed by atoms with Crippen molar-refractivity contribution >= 4 is 5.97 Å². The van der Waals surface area contributed by atoms with E-state index in [1.165, 1.54) is 0 Å². The minimum atomic E-state index is -0.833. The van der Waals surface area contributed by atoms with E-state index in [0.29, 0.717) is 0 Å². The Balaban J connectivity index is -0.0000000450. The second-order valence-corrected chi connectivity index (χ2v) is 0.519. The van der Waals surface area contributed by atoms with Gasteiger partial charge in [-0.1, -0.05) is 0 Å². The van der Waals surface area contributed by atoms with E-state index in [2.05, 4.69) is 0 Å². The van der Waals surface area contributed by atoms with Crippen LogP contribution in [0.25, 0.3) is 0 Å². The van der Waals surface area contributed by atoms with Crippen LogP contribution in [0.1, 0.15) is 6.92 Å². The van der Waals surface area contributed by atoms with Crippen molar-refractivity contribution in [3.8, 4) is 0 Å². The van der Waals surface area contributed by atoms with E-state index in [1.54, 1.807) is 0 Å². The zero-order chi connectivity index (χ0) is 3.58. The van der Waals surface area contributed by atoms with Gasteiger partial charge in [-0.3, -0.25) is 4.79 Å². The third-order valence-corrected chi connectivity index (χ3v) is 0. The molecular weight excluding hydrogens is 190 g/mol. The molecule has 0 rings (SSSR count). The topological polar surface area (TPSA) is 37.3 Å². The summed E-state index contributed by atoms with van der Waals surface area (Å²) in [6, 6.07) is 0. The maximum atomic E-state index is 9.00. The monoisotopic (exact) mass is 194 g/mol. The third-order valence-electron chi connectivity index (χ3n) is 0. The summed E-state index contributed by atoms with van der Waals surface area (Å²) < 4.78 is 0. The van der Waals surface area contributed by atoms with Crippen LogP contribution in [-0.2, 0) is 4.79 Å². The van der Waals surface area contributed by atoms with Crippen LogP contribution in [0.4, 0.5) is 0 Å². The number of aliphatic carboxylic acids is 1. The molecule has 0 heterocycles. The van der Waals surface area contributed by atoms with Gasteiger partial charge in [0.2, 0.25) is 0 Å². The summed E-state index contributed by atoms with van der Waals surface area (Å²) in [5.41, 5.74) is 0. The summed E-state index contributed by atoms with van der Waals surface area (Å²) in [7, 11) is 0. The van der Waals surface area contributed by atoms with Crippen molar-refractivity contribution in [2.75, 3.05) is 0 Å². The van der Waals surface area contributed by atoms with Gasteiger partial charge in [0.15, 0.2) is 0 Å². The first-order valence-electron chi connectivity index (χ1n) is 0.928. The van der Waals surface area contributed by atoms with Gasteiger partial charge in [0.25, 0.3) is 5.97 Å². The fourth-order valence-corrected chi connectivity index (χ4v) is 0. The minimum Gasteiger partial charge on any atom is -1.00 e. The Labute approximate surface area is 65.5 Å². The molecule has 0 aliphatic carbocycles. The Morgan fingerprint density at radius 2 is 1.67 bits per heavy atom. The van der Waals surface area contributed by atoms with E-state index in [-0.39, 0.29) is 42.8 Å². The van der Waals surface area contributed by atoms with Crippen LogP contribution in [0.5, 0.6) is 0 Å². The molecule has 0 spiro atoms. The Hall–Kier alpha value is 0.797. The van der Waals surface area contributed by atoms with Crippen LogP contribution in [0.15, 0.2) is 0 Å². The third kappa shape index (κ3) is 109. The molecule has 0 fully saturated rings. The van der Waals surface area contributed by atoms with E-state index in [4.69, 9.17) is 9.90 Å². The van der Waals surface area contributed by atoms with Crippen LogP contribution >= 0.6 is 0 Å². The molecule has 1 N–H and O–H groups in total. The quantitative estimate of drug-likeness (QED) is 0.308. The number of carbonyl (C=O) groups is 1. The molecule has 0 amide bonds. The average Bonchev–Trinajstić information content (AvgIpc) is 0.811. The molecule has 0 aromatic rings. The Morgan fingerprint density at radius 3 is 1.67 bits per heavy atom. The van der Waals surface area contributed by atoms with Gasteiger partial charge < -0.3 is 29.1 Å². The maximum absolute atomic E-state index is 9.00. The first kappa shape index (κ1) is 15.8. The zero-order valence-electron chi connectivity index (χ0n) is 3.73. The number of hydrogen-bond donors (Lipinski definition) is 1. The van der Waals surface area contributed by atoms with Gasteiger partial charge in [-0.25, -0.2) is 0 Å². The second-order valence-electron chi connectivity index (χ2n) is 0.519. The Kier molecular flexibility index (Phi) is 24.4. The molecule has 0 unspecified atom stereocenters. The summed E-state index contributed by atoms with van der Waals surface area (Å²) in [4.78, 5) is 9.00. The summed E-state index contributed by atoms with van der Waals surface area (Å²) in [5, 5.41) is 7.42. The molecular formula is C2H4ILiO2. The van der Waals surface area contributed by atoms with Crippen molar-refractivity contribution in [1.29, 1.82) is 0 Å². The van der Waals surface area contributed by atoms with Crippen molar-refractivity contribution < 1.29 is 52.7 Å². The molecule has 0 aromatic carbocycles. The van der Waals surface area contributed by atoms with E-state index >= 15 is 0 Å². The van der Waals surface area contributed by atoms with Crippen molar-refractivity contribution in [2.45, 2.75) is 6.92 Å². The first-order chi connectivity index (χ1) is 1.73. The normalized spacial score (nSPS) is 4.17. The fraction of sp³-hybridized carbons (Fsp3) is 0.500. The maximum Gasteiger partial charge on any atom is 1.00 e. The molecule has 0 saturated carbocycles. The van der Waals surface area contributed by atoms with Crippen LogP contribution in [0, 0.1) is 0 Å². The van der Waals surface area contributed by atoms with Crippen LogP contribution in [0.3, 0.4) is 0 Å². The van der Waals surface area contributed by atoms with Gasteiger partial charge in [0.1, 0.15) is 0 Å². The number of carboxylic acids is 1. The van der Waals surface area contributed by atoms with Crippen molar-refractivity contribution in [3.63, 3.8) is 0 Å². The van der Waals surface area contributed by atoms with Crippen molar-refractivity contribution in [2.24, 2.45) is 0 Å². The van der Waals surface area contributed by atoms with E-state index in [0.717, 1.165) is 6.92 Å². The summed E-state index contributed by atoms with van der Waals surface area (Å²) in [5.74, 6) is -0.833. The smallest absolute Gasteiger partial charge is 1.00 e. The Bertz CT molecular complexity index is 34.5. The number of hydrogen-bond acceptors (Lipinski definition) is 1. The standard InChI is InChI=1S/C2H4O2.HI.Li/c1-2(3)4;;/h1H3,(H,3,4);1H;/q;;+1/p-1. The van der Waals surface area contributed by atoms with Crippen LogP contribution in [-0.4, -0.2) is 11.1 Å². The SMILES string of the molecule is CC(=O)O.[I-].[Li+]. The molecule has 32 valence electrons. The molecule has 6 heavy (non-hydrogen) atoms. The van der Waals surface area contributed by atoms with Crippen molar-refractivity contribution in [1.82, 2.24) is 0 Å². The molecule has 4 heteroatoms. The predicted molar refractivity (Wildman–Crippen MR) is 13.3 cm³/mol. The van der Waals surface area contributed by atoms with Crippen LogP contribution < -0.4 is 42.8 Å². The second kappa shape index (κ2) is 9.25. The summed E-state index contributed by atoms with van der Waals surface area (Å²) in [6.45, 7) is 1.08. The molecule has 2 nitrogen and oxygen atoms in total. The summed E-state index contributed by atoms with van der Waals surface area (Å²) >= 11 is 0. The fourth-order valence-electron chi connectivity index (χ4n) is 0. The molecule has 0 aliphatic heterocycles. The number of halogens is 1. The molecule has 0 aromatic heterocycles. The minimum absolute atomic E-state index is 0. The average molecular weight is 194 g/mol. The summed E-state index contributed by atoms with van der Waals surface area (Å²) in [6.07, 6.45) is 0. The number of rotatable bonds is 0. The molecule has 0 radical (unpaired) electrons. The van der Waals surface area contributed by atoms with E-state index in [1.807, 2.05) is 0 Å². The van der Waals surface area contributed by atoms with Crippen LogP contribution in [0.2, 0.25) is 0 Å². The molecule has 0 bridgehead atoms.